The van der Waals surface area contributed by atoms with Gasteiger partial charge in [0.1, 0.15) is 0 Å². The van der Waals surface area contributed by atoms with Gasteiger partial charge in [0.25, 0.3) is 0 Å². The maximum absolute atomic E-state index is 5.81. The number of hydrogen-bond donors (Lipinski definition) is 1. The van der Waals surface area contributed by atoms with E-state index in [1.165, 1.54) is 24.1 Å². The number of fused-ring (bicyclic) bond motifs is 1. The van der Waals surface area contributed by atoms with Crippen LogP contribution in [-0.4, -0.2) is 57.5 Å². The Morgan fingerprint density at radius 3 is 2.88 bits per heavy atom. The van der Waals surface area contributed by atoms with Gasteiger partial charge in [-0.1, -0.05) is 13.8 Å². The highest BCUT2D eigenvalue weighted by atomic mass is 16.5. The molecule has 2 atom stereocenters. The molecule has 0 bridgehead atoms. The molecular formula is C26H36N6O2. The van der Waals surface area contributed by atoms with Crippen molar-refractivity contribution in [1.82, 2.24) is 29.9 Å². The van der Waals surface area contributed by atoms with Crippen LogP contribution in [0.5, 0.6) is 5.88 Å². The van der Waals surface area contributed by atoms with Crippen molar-refractivity contribution in [2.75, 3.05) is 26.9 Å². The Morgan fingerprint density at radius 1 is 1.24 bits per heavy atom. The van der Waals surface area contributed by atoms with Crippen molar-refractivity contribution >= 4 is 0 Å². The largest absolute Gasteiger partial charge is 0.481 e. The standard InChI is InChI=1S/C26H36N6O2/c1-17(2)23-12-19(5-8-27-23)15-31-16-20(13-29-31)25-22-6-9-34-10-7-24(22)32(30-25)21-11-18(3)26(33-4)28-14-21/h11,13-14,16-17,19,23,27H,5-10,12,15H2,1-4H3/t19-,23+/m1/s1. The van der Waals surface area contributed by atoms with Gasteiger partial charge in [0.05, 0.1) is 49.8 Å². The molecule has 5 heterocycles. The maximum Gasteiger partial charge on any atom is 0.216 e. The molecule has 0 radical (unpaired) electrons. The van der Waals surface area contributed by atoms with E-state index in [0.29, 0.717) is 37.0 Å². The first-order valence-electron chi connectivity index (χ1n) is 12.5. The van der Waals surface area contributed by atoms with Crippen molar-refractivity contribution in [3.63, 3.8) is 0 Å². The molecule has 0 amide bonds. The molecule has 2 aliphatic rings. The average Bonchev–Trinajstić information content (AvgIpc) is 3.35. The Kier molecular flexibility index (Phi) is 6.70. The lowest BCUT2D eigenvalue weighted by Crippen LogP contribution is -2.42. The van der Waals surface area contributed by atoms with Crippen LogP contribution in [0.25, 0.3) is 16.9 Å². The zero-order valence-electron chi connectivity index (χ0n) is 20.8. The summed E-state index contributed by atoms with van der Waals surface area (Å²) < 4.78 is 15.3. The van der Waals surface area contributed by atoms with E-state index >= 15 is 0 Å². The van der Waals surface area contributed by atoms with Gasteiger partial charge in [0.2, 0.25) is 5.88 Å². The Bertz CT molecular complexity index is 1130. The van der Waals surface area contributed by atoms with Crippen LogP contribution in [0.1, 0.15) is 43.5 Å². The second kappa shape index (κ2) is 9.88. The molecule has 8 nitrogen and oxygen atoms in total. The summed E-state index contributed by atoms with van der Waals surface area (Å²) >= 11 is 0. The summed E-state index contributed by atoms with van der Waals surface area (Å²) in [5, 5.41) is 13.5. The van der Waals surface area contributed by atoms with Crippen LogP contribution in [0, 0.1) is 18.8 Å². The van der Waals surface area contributed by atoms with Gasteiger partial charge in [0, 0.05) is 41.9 Å². The topological polar surface area (TPSA) is 79.0 Å². The Morgan fingerprint density at radius 2 is 2.09 bits per heavy atom. The minimum atomic E-state index is 0.599. The van der Waals surface area contributed by atoms with Crippen molar-refractivity contribution < 1.29 is 9.47 Å². The first kappa shape index (κ1) is 23.1. The molecule has 5 rings (SSSR count). The molecule has 1 fully saturated rings. The summed E-state index contributed by atoms with van der Waals surface area (Å²) in [5.74, 6) is 1.95. The fourth-order valence-electron chi connectivity index (χ4n) is 5.33. The van der Waals surface area contributed by atoms with Gasteiger partial charge in [-0.2, -0.15) is 10.2 Å². The number of pyridine rings is 1. The second-order valence-electron chi connectivity index (χ2n) is 9.96. The van der Waals surface area contributed by atoms with E-state index in [0.717, 1.165) is 48.4 Å². The molecule has 1 N–H and O–H groups in total. The molecule has 34 heavy (non-hydrogen) atoms. The van der Waals surface area contributed by atoms with Crippen LogP contribution >= 0.6 is 0 Å². The van der Waals surface area contributed by atoms with Gasteiger partial charge in [0.15, 0.2) is 0 Å². The van der Waals surface area contributed by atoms with Gasteiger partial charge >= 0.3 is 0 Å². The zero-order chi connectivity index (χ0) is 23.7. The molecule has 182 valence electrons. The SMILES string of the molecule is COc1ncc(-n2nc(-c3cnn(C[C@@H]4CCN[C@H](C(C)C)C4)c3)c3c2CCOCC3)cc1C. The number of rotatable bonds is 6. The van der Waals surface area contributed by atoms with Crippen molar-refractivity contribution in [2.24, 2.45) is 11.8 Å². The van der Waals surface area contributed by atoms with Crippen LogP contribution in [0.15, 0.2) is 24.7 Å². The van der Waals surface area contributed by atoms with E-state index < -0.39 is 0 Å². The number of nitrogens with zero attached hydrogens (tertiary/aromatic N) is 5. The first-order chi connectivity index (χ1) is 16.5. The van der Waals surface area contributed by atoms with E-state index in [-0.39, 0.29) is 0 Å². The summed E-state index contributed by atoms with van der Waals surface area (Å²) in [6, 6.07) is 2.68. The molecule has 3 aromatic heterocycles. The third-order valence-corrected chi connectivity index (χ3v) is 7.23. The number of aryl methyl sites for hydroxylation is 1. The zero-order valence-corrected chi connectivity index (χ0v) is 20.8. The monoisotopic (exact) mass is 464 g/mol. The molecule has 1 saturated heterocycles. The summed E-state index contributed by atoms with van der Waals surface area (Å²) in [5.41, 5.74) is 6.47. The van der Waals surface area contributed by atoms with E-state index in [9.17, 15) is 0 Å². The summed E-state index contributed by atoms with van der Waals surface area (Å²) in [7, 11) is 1.65. The van der Waals surface area contributed by atoms with Crippen molar-refractivity contribution in [1.29, 1.82) is 0 Å². The second-order valence-corrected chi connectivity index (χ2v) is 9.96. The first-order valence-corrected chi connectivity index (χ1v) is 12.5. The molecule has 3 aromatic rings. The fraction of sp³-hybridized carbons (Fsp3) is 0.577. The van der Waals surface area contributed by atoms with Gasteiger partial charge in [-0.15, -0.1) is 0 Å². The minimum Gasteiger partial charge on any atom is -0.481 e. The summed E-state index contributed by atoms with van der Waals surface area (Å²) in [6.07, 6.45) is 10.1. The fourth-order valence-corrected chi connectivity index (χ4v) is 5.33. The number of ether oxygens (including phenoxy) is 2. The lowest BCUT2D eigenvalue weighted by atomic mass is 9.87. The molecule has 0 spiro atoms. The van der Waals surface area contributed by atoms with Crippen LogP contribution in [-0.2, 0) is 24.1 Å². The summed E-state index contributed by atoms with van der Waals surface area (Å²) in [6.45, 7) is 10.1. The van der Waals surface area contributed by atoms with Crippen LogP contribution in [0.2, 0.25) is 0 Å². The number of nitrogens with one attached hydrogen (secondary N) is 1. The molecule has 8 heteroatoms. The lowest BCUT2D eigenvalue weighted by Gasteiger charge is -2.32. The Hall–Kier alpha value is -2.71. The molecule has 0 unspecified atom stereocenters. The molecule has 0 aliphatic carbocycles. The van der Waals surface area contributed by atoms with E-state index in [4.69, 9.17) is 19.7 Å². The highest BCUT2D eigenvalue weighted by molar-refractivity contribution is 5.64. The minimum absolute atomic E-state index is 0.599. The number of piperidine rings is 1. The van der Waals surface area contributed by atoms with Gasteiger partial charge in [-0.25, -0.2) is 9.67 Å². The van der Waals surface area contributed by atoms with Crippen molar-refractivity contribution in [2.45, 2.75) is 59.0 Å². The Labute approximate surface area is 201 Å². The average molecular weight is 465 g/mol. The third kappa shape index (κ3) is 4.61. The van der Waals surface area contributed by atoms with E-state index in [1.54, 1.807) is 7.11 Å². The van der Waals surface area contributed by atoms with Gasteiger partial charge in [-0.3, -0.25) is 4.68 Å². The molecule has 0 aromatic carbocycles. The molecule has 0 saturated carbocycles. The highest BCUT2D eigenvalue weighted by Gasteiger charge is 2.26. The summed E-state index contributed by atoms with van der Waals surface area (Å²) in [4.78, 5) is 4.48. The smallest absolute Gasteiger partial charge is 0.216 e. The van der Waals surface area contributed by atoms with Crippen LogP contribution < -0.4 is 10.1 Å². The number of hydrogen-bond acceptors (Lipinski definition) is 6. The van der Waals surface area contributed by atoms with Gasteiger partial charge < -0.3 is 14.8 Å². The number of methoxy groups -OCH3 is 1. The predicted octanol–water partition coefficient (Wildman–Crippen LogP) is 3.59. The normalized spacial score (nSPS) is 20.9. The highest BCUT2D eigenvalue weighted by Crippen LogP contribution is 2.31. The maximum atomic E-state index is 5.81. The molecular weight excluding hydrogens is 428 g/mol. The van der Waals surface area contributed by atoms with E-state index in [1.807, 2.05) is 24.0 Å². The predicted molar refractivity (Wildman–Crippen MR) is 131 cm³/mol. The molecule has 2 aliphatic heterocycles. The van der Waals surface area contributed by atoms with Gasteiger partial charge in [-0.05, 0) is 50.6 Å². The number of aromatic nitrogens is 5. The van der Waals surface area contributed by atoms with Crippen LogP contribution in [0.4, 0.5) is 0 Å². The van der Waals surface area contributed by atoms with Crippen molar-refractivity contribution in [3.05, 3.63) is 41.5 Å². The van der Waals surface area contributed by atoms with Crippen molar-refractivity contribution in [3.8, 4) is 22.8 Å². The van der Waals surface area contributed by atoms with E-state index in [2.05, 4.69) is 41.1 Å². The third-order valence-electron chi connectivity index (χ3n) is 7.23. The van der Waals surface area contributed by atoms with Crippen LogP contribution in [0.3, 0.4) is 0 Å². The quantitative estimate of drug-likeness (QED) is 0.601. The lowest BCUT2D eigenvalue weighted by molar-refractivity contribution is 0.145. The Balaban J connectivity index is 1.44.